The van der Waals surface area contributed by atoms with Gasteiger partial charge in [-0.05, 0) is 25.0 Å². The second-order valence-electron chi connectivity index (χ2n) is 8.44. The first-order valence-corrected chi connectivity index (χ1v) is 12.5. The van der Waals surface area contributed by atoms with Crippen molar-refractivity contribution in [2.24, 2.45) is 22.2 Å². The number of aliphatic hydroxyl groups is 1. The highest BCUT2D eigenvalue weighted by Gasteiger charge is 2.39. The number of nitrogens with one attached hydrogen (secondary N) is 2. The monoisotopic (exact) mass is 533 g/mol. The van der Waals surface area contributed by atoms with E-state index in [-0.39, 0.29) is 24.9 Å². The lowest BCUT2D eigenvalue weighted by molar-refractivity contribution is -0.151. The number of esters is 1. The zero-order chi connectivity index (χ0) is 26.9. The Kier molecular flexibility index (Phi) is 9.91. The Hall–Kier alpha value is -3.59. The summed E-state index contributed by atoms with van der Waals surface area (Å²) in [5.41, 5.74) is 18.2. The smallest absolute Gasteiger partial charge is 0.323 e. The molecule has 200 valence electrons. The fourth-order valence-electron chi connectivity index (χ4n) is 3.55. The number of rotatable bonds is 11. The minimum absolute atomic E-state index is 0.0356. The molecule has 9 N–H and O–H groups in total. The van der Waals surface area contributed by atoms with Gasteiger partial charge in [0.1, 0.15) is 24.9 Å². The fraction of sp³-hybridized carbons (Fsp3) is 0.435. The number of guanidine groups is 1. The van der Waals surface area contributed by atoms with Crippen molar-refractivity contribution in [3.05, 3.63) is 29.6 Å². The molecular formula is C23H31N7O6S. The van der Waals surface area contributed by atoms with E-state index in [1.54, 1.807) is 23.6 Å². The Morgan fingerprint density at radius 3 is 2.84 bits per heavy atom. The zero-order valence-corrected chi connectivity index (χ0v) is 21.1. The van der Waals surface area contributed by atoms with Gasteiger partial charge in [-0.25, -0.2) is 4.98 Å². The van der Waals surface area contributed by atoms with E-state index in [9.17, 15) is 19.5 Å². The van der Waals surface area contributed by atoms with Crippen LogP contribution in [0.25, 0.3) is 11.3 Å². The van der Waals surface area contributed by atoms with Gasteiger partial charge in [0.2, 0.25) is 5.91 Å². The lowest BCUT2D eigenvalue weighted by Crippen LogP contribution is -2.36. The molecule has 2 aromatic rings. The molecule has 13 nitrogen and oxygen atoms in total. The van der Waals surface area contributed by atoms with Gasteiger partial charge in [-0.2, -0.15) is 0 Å². The van der Waals surface area contributed by atoms with Crippen molar-refractivity contribution in [1.29, 1.82) is 0 Å². The van der Waals surface area contributed by atoms with Gasteiger partial charge < -0.3 is 42.4 Å². The summed E-state index contributed by atoms with van der Waals surface area (Å²) in [6.45, 7) is 1.51. The molecule has 14 heteroatoms. The van der Waals surface area contributed by atoms with Crippen molar-refractivity contribution in [3.63, 3.8) is 0 Å². The molecule has 0 radical (unpaired) electrons. The maximum Gasteiger partial charge on any atom is 0.323 e. The van der Waals surface area contributed by atoms with Crippen LogP contribution >= 0.6 is 11.3 Å². The summed E-state index contributed by atoms with van der Waals surface area (Å²) >= 11 is 1.29. The highest BCUT2D eigenvalue weighted by molar-refractivity contribution is 7.14. The van der Waals surface area contributed by atoms with Crippen LogP contribution in [-0.2, 0) is 23.9 Å². The number of benzene rings is 1. The Balaban J connectivity index is 1.48. The van der Waals surface area contributed by atoms with Crippen LogP contribution in [0.2, 0.25) is 0 Å². The van der Waals surface area contributed by atoms with Gasteiger partial charge in [0, 0.05) is 36.5 Å². The Morgan fingerprint density at radius 1 is 1.32 bits per heavy atom. The molecule has 2 heterocycles. The molecule has 37 heavy (non-hydrogen) atoms. The molecule has 1 aliphatic rings. The number of aliphatic hydroxyl groups excluding tert-OH is 1. The molecule has 1 aromatic carbocycles. The number of carbonyl (C=O) groups excluding carboxylic acids is 3. The summed E-state index contributed by atoms with van der Waals surface area (Å²) in [5, 5.41) is 18.0. The molecule has 1 aliphatic heterocycles. The van der Waals surface area contributed by atoms with Crippen LogP contribution in [0.3, 0.4) is 0 Å². The van der Waals surface area contributed by atoms with Gasteiger partial charge in [-0.3, -0.25) is 19.4 Å². The minimum atomic E-state index is -0.991. The van der Waals surface area contributed by atoms with E-state index in [0.29, 0.717) is 35.9 Å². The third-order valence-corrected chi connectivity index (χ3v) is 6.15. The van der Waals surface area contributed by atoms with Crippen LogP contribution in [0.15, 0.2) is 34.6 Å². The zero-order valence-electron chi connectivity index (χ0n) is 20.3. The highest BCUT2D eigenvalue weighted by Crippen LogP contribution is 2.28. The second kappa shape index (κ2) is 13.1. The maximum atomic E-state index is 12.8. The molecule has 1 aromatic heterocycles. The first kappa shape index (κ1) is 28.0. The average Bonchev–Trinajstić information content (AvgIpc) is 3.46. The number of carbonyl (C=O) groups is 3. The second-order valence-corrected chi connectivity index (χ2v) is 9.30. The fourth-order valence-corrected chi connectivity index (χ4v) is 4.32. The van der Waals surface area contributed by atoms with E-state index < -0.39 is 36.2 Å². The quantitative estimate of drug-likeness (QED) is 0.0993. The largest absolute Gasteiger partial charge is 0.462 e. The van der Waals surface area contributed by atoms with Crippen LogP contribution in [0.1, 0.15) is 26.2 Å². The van der Waals surface area contributed by atoms with E-state index in [1.165, 1.54) is 18.3 Å². The Labute approximate surface area is 217 Å². The lowest BCUT2D eigenvalue weighted by Gasteiger charge is -2.17. The molecular weight excluding hydrogens is 502 g/mol. The van der Waals surface area contributed by atoms with Crippen molar-refractivity contribution in [3.8, 4) is 11.3 Å². The van der Waals surface area contributed by atoms with Gasteiger partial charge in [-0.1, -0.05) is 12.1 Å². The van der Waals surface area contributed by atoms with Crippen LogP contribution in [0, 0.1) is 0 Å². The van der Waals surface area contributed by atoms with Crippen molar-refractivity contribution in [2.45, 2.75) is 50.5 Å². The Morgan fingerprint density at radius 2 is 2.11 bits per heavy atom. The van der Waals surface area contributed by atoms with Crippen LogP contribution < -0.4 is 27.8 Å². The standard InChI is InChI=1S/C23H31N7O6S/c1-12(31)28-23-30-16(11-37-23)13-4-2-5-14(8-13)29-20(33)18-9-17(32)19(36-18)10-35-21(34)15(24)6-3-7-27-22(25)26/h2,4-5,8,11,15,17-19,32H,3,6-7,9-10,24H2,1H3,(H,29,33)(H4,25,26,27)(H,28,30,31)/t15-,17-,18+,19+/m0/s1. The molecule has 4 atom stereocenters. The topological polar surface area (TPSA) is 217 Å². The van der Waals surface area contributed by atoms with E-state index in [1.807, 2.05) is 6.07 Å². The number of aromatic nitrogens is 1. The van der Waals surface area contributed by atoms with Crippen LogP contribution in [0.4, 0.5) is 10.8 Å². The molecule has 2 amide bonds. The van der Waals surface area contributed by atoms with Gasteiger partial charge in [0.15, 0.2) is 11.1 Å². The van der Waals surface area contributed by atoms with E-state index in [0.717, 1.165) is 5.56 Å². The predicted molar refractivity (Wildman–Crippen MR) is 139 cm³/mol. The number of nitrogens with zero attached hydrogens (tertiary/aromatic N) is 2. The highest BCUT2D eigenvalue weighted by atomic mass is 32.1. The summed E-state index contributed by atoms with van der Waals surface area (Å²) in [5.74, 6) is -1.34. The molecule has 0 spiro atoms. The molecule has 1 fully saturated rings. The molecule has 0 unspecified atom stereocenters. The van der Waals surface area contributed by atoms with Crippen molar-refractivity contribution in [1.82, 2.24) is 4.98 Å². The lowest BCUT2D eigenvalue weighted by atomic mass is 10.1. The SMILES string of the molecule is CC(=O)Nc1nc(-c2cccc(NC(=O)[C@H]3C[C@H](O)[C@@H](COC(=O)[C@@H](N)CCCN=C(N)N)O3)c2)cs1. The summed E-state index contributed by atoms with van der Waals surface area (Å²) in [7, 11) is 0. The maximum absolute atomic E-state index is 12.8. The van der Waals surface area contributed by atoms with E-state index in [2.05, 4.69) is 20.6 Å². The van der Waals surface area contributed by atoms with Gasteiger partial charge in [0.05, 0.1) is 11.8 Å². The van der Waals surface area contributed by atoms with E-state index in [4.69, 9.17) is 26.7 Å². The molecule has 1 saturated heterocycles. The summed E-state index contributed by atoms with van der Waals surface area (Å²) in [4.78, 5) is 44.3. The molecule has 0 aliphatic carbocycles. The molecule has 0 saturated carbocycles. The number of anilines is 2. The summed E-state index contributed by atoms with van der Waals surface area (Å²) < 4.78 is 10.8. The van der Waals surface area contributed by atoms with Crippen LogP contribution in [-0.4, -0.2) is 71.3 Å². The number of thiazole rings is 1. The number of ether oxygens (including phenoxy) is 2. The number of hydrogen-bond acceptors (Lipinski definition) is 10. The number of amides is 2. The van der Waals surface area contributed by atoms with Gasteiger partial charge in [-0.15, -0.1) is 11.3 Å². The molecule has 0 bridgehead atoms. The number of nitrogens with two attached hydrogens (primary N) is 3. The first-order chi connectivity index (χ1) is 17.6. The van der Waals surface area contributed by atoms with E-state index >= 15 is 0 Å². The molecule has 3 rings (SSSR count). The minimum Gasteiger partial charge on any atom is -0.462 e. The summed E-state index contributed by atoms with van der Waals surface area (Å²) in [6, 6.07) is 6.17. The third-order valence-electron chi connectivity index (χ3n) is 5.39. The number of hydrogen-bond donors (Lipinski definition) is 6. The predicted octanol–water partition coefficient (Wildman–Crippen LogP) is 0.150. The van der Waals surface area contributed by atoms with Crippen molar-refractivity contribution in [2.75, 3.05) is 23.8 Å². The summed E-state index contributed by atoms with van der Waals surface area (Å²) in [6.07, 6.45) is -1.91. The number of aliphatic imine (C=N–C) groups is 1. The van der Waals surface area contributed by atoms with Gasteiger partial charge in [0.25, 0.3) is 5.91 Å². The average molecular weight is 534 g/mol. The Bertz CT molecular complexity index is 1140. The van der Waals surface area contributed by atoms with Gasteiger partial charge >= 0.3 is 5.97 Å². The normalized spacial score (nSPS) is 19.6. The first-order valence-electron chi connectivity index (χ1n) is 11.6. The van der Waals surface area contributed by atoms with Crippen molar-refractivity contribution >= 4 is 45.9 Å². The third kappa shape index (κ3) is 8.49. The van der Waals surface area contributed by atoms with Crippen molar-refractivity contribution < 1.29 is 29.0 Å². The van der Waals surface area contributed by atoms with Crippen LogP contribution in [0.5, 0.6) is 0 Å².